The van der Waals surface area contributed by atoms with Gasteiger partial charge in [0, 0.05) is 12.1 Å². The SMILES string of the molecule is CCc1ccc(OCCCn2c(-c3cc(OC)c(OC)c(OC)c3)nc3ccccc32)cc1. The van der Waals surface area contributed by atoms with Gasteiger partial charge in [-0.05, 0) is 54.8 Å². The number of para-hydroxylation sites is 2. The minimum atomic E-state index is 0.564. The Morgan fingerprint density at radius 3 is 2.18 bits per heavy atom. The molecular weight excluding hydrogens is 416 g/mol. The van der Waals surface area contributed by atoms with Gasteiger partial charge in [-0.15, -0.1) is 0 Å². The zero-order valence-corrected chi connectivity index (χ0v) is 19.6. The first-order chi connectivity index (χ1) is 16.2. The van der Waals surface area contributed by atoms with Gasteiger partial charge in [0.25, 0.3) is 0 Å². The van der Waals surface area contributed by atoms with Crippen LogP contribution < -0.4 is 18.9 Å². The van der Waals surface area contributed by atoms with Crippen molar-refractivity contribution < 1.29 is 18.9 Å². The van der Waals surface area contributed by atoms with Crippen molar-refractivity contribution in [2.45, 2.75) is 26.3 Å². The topological polar surface area (TPSA) is 54.7 Å². The number of hydrogen-bond donors (Lipinski definition) is 0. The molecule has 4 aromatic rings. The second kappa shape index (κ2) is 10.3. The molecule has 0 aliphatic heterocycles. The molecule has 0 fully saturated rings. The summed E-state index contributed by atoms with van der Waals surface area (Å²) < 4.78 is 24.8. The Labute approximate surface area is 194 Å². The predicted octanol–water partition coefficient (Wildman–Crippen LogP) is 5.76. The Hall–Kier alpha value is -3.67. The third kappa shape index (κ3) is 4.75. The Morgan fingerprint density at radius 1 is 0.848 bits per heavy atom. The molecule has 6 nitrogen and oxygen atoms in total. The van der Waals surface area contributed by atoms with Crippen LogP contribution in [0.25, 0.3) is 22.4 Å². The normalized spacial score (nSPS) is 10.9. The van der Waals surface area contributed by atoms with Crippen LogP contribution in [0.5, 0.6) is 23.0 Å². The van der Waals surface area contributed by atoms with Crippen molar-refractivity contribution in [2.75, 3.05) is 27.9 Å². The fourth-order valence-corrected chi connectivity index (χ4v) is 3.97. The third-order valence-corrected chi connectivity index (χ3v) is 5.70. The molecule has 1 aromatic heterocycles. The molecule has 0 amide bonds. The van der Waals surface area contributed by atoms with E-state index in [4.69, 9.17) is 23.9 Å². The maximum atomic E-state index is 5.97. The van der Waals surface area contributed by atoms with Crippen molar-refractivity contribution in [2.24, 2.45) is 0 Å². The van der Waals surface area contributed by atoms with Crippen molar-refractivity contribution in [3.63, 3.8) is 0 Å². The summed E-state index contributed by atoms with van der Waals surface area (Å²) in [7, 11) is 4.84. The van der Waals surface area contributed by atoms with Crippen molar-refractivity contribution in [3.05, 3.63) is 66.2 Å². The van der Waals surface area contributed by atoms with Gasteiger partial charge >= 0.3 is 0 Å². The molecule has 0 saturated carbocycles. The molecule has 0 bridgehead atoms. The van der Waals surface area contributed by atoms with E-state index >= 15 is 0 Å². The number of nitrogens with zero attached hydrogens (tertiary/aromatic N) is 2. The molecule has 33 heavy (non-hydrogen) atoms. The van der Waals surface area contributed by atoms with E-state index < -0.39 is 0 Å². The first-order valence-electron chi connectivity index (χ1n) is 11.2. The quantitative estimate of drug-likeness (QED) is 0.290. The summed E-state index contributed by atoms with van der Waals surface area (Å²) in [5.74, 6) is 3.51. The van der Waals surface area contributed by atoms with E-state index in [1.165, 1.54) is 5.56 Å². The minimum Gasteiger partial charge on any atom is -0.494 e. The number of hydrogen-bond acceptors (Lipinski definition) is 5. The summed E-state index contributed by atoms with van der Waals surface area (Å²) in [6, 6.07) is 20.3. The highest BCUT2D eigenvalue weighted by Crippen LogP contribution is 2.41. The highest BCUT2D eigenvalue weighted by Gasteiger charge is 2.18. The van der Waals surface area contributed by atoms with Crippen LogP contribution in [0.1, 0.15) is 18.9 Å². The highest BCUT2D eigenvalue weighted by molar-refractivity contribution is 5.81. The number of methoxy groups -OCH3 is 3. The molecular formula is C27H30N2O4. The number of imidazole rings is 1. The van der Waals surface area contributed by atoms with E-state index in [9.17, 15) is 0 Å². The van der Waals surface area contributed by atoms with Crippen LogP contribution in [0.3, 0.4) is 0 Å². The Balaban J connectivity index is 1.61. The predicted molar refractivity (Wildman–Crippen MR) is 131 cm³/mol. The molecule has 0 atom stereocenters. The van der Waals surface area contributed by atoms with Gasteiger partial charge < -0.3 is 23.5 Å². The molecule has 172 valence electrons. The molecule has 0 aliphatic rings. The highest BCUT2D eigenvalue weighted by atomic mass is 16.5. The van der Waals surface area contributed by atoms with E-state index in [2.05, 4.69) is 29.7 Å². The number of ether oxygens (including phenoxy) is 4. The zero-order chi connectivity index (χ0) is 23.2. The average molecular weight is 447 g/mol. The molecule has 0 unspecified atom stereocenters. The van der Waals surface area contributed by atoms with Gasteiger partial charge in [0.05, 0.1) is 39.0 Å². The number of aromatic nitrogens is 2. The fraction of sp³-hybridized carbons (Fsp3) is 0.296. The number of benzene rings is 3. The Kier molecular flexibility index (Phi) is 7.03. The maximum absolute atomic E-state index is 5.97. The lowest BCUT2D eigenvalue weighted by atomic mass is 10.1. The van der Waals surface area contributed by atoms with Crippen molar-refractivity contribution in [3.8, 4) is 34.4 Å². The largest absolute Gasteiger partial charge is 0.494 e. The van der Waals surface area contributed by atoms with Crippen molar-refractivity contribution in [1.29, 1.82) is 0 Å². The first-order valence-corrected chi connectivity index (χ1v) is 11.2. The summed E-state index contributed by atoms with van der Waals surface area (Å²) >= 11 is 0. The second-order valence-electron chi connectivity index (χ2n) is 7.69. The lowest BCUT2D eigenvalue weighted by Crippen LogP contribution is -2.06. The summed E-state index contributed by atoms with van der Waals surface area (Å²) in [4.78, 5) is 4.92. The van der Waals surface area contributed by atoms with E-state index in [0.717, 1.165) is 47.6 Å². The number of rotatable bonds is 10. The van der Waals surface area contributed by atoms with Gasteiger partial charge in [-0.1, -0.05) is 31.2 Å². The maximum Gasteiger partial charge on any atom is 0.203 e. The smallest absolute Gasteiger partial charge is 0.203 e. The summed E-state index contributed by atoms with van der Waals surface area (Å²) in [6.45, 7) is 3.53. The molecule has 3 aromatic carbocycles. The van der Waals surface area contributed by atoms with Gasteiger partial charge in [-0.3, -0.25) is 0 Å². The molecule has 1 heterocycles. The second-order valence-corrected chi connectivity index (χ2v) is 7.69. The monoisotopic (exact) mass is 446 g/mol. The van der Waals surface area contributed by atoms with E-state index in [1.807, 2.05) is 42.5 Å². The lowest BCUT2D eigenvalue weighted by molar-refractivity contribution is 0.302. The average Bonchev–Trinajstić information content (AvgIpc) is 3.24. The summed E-state index contributed by atoms with van der Waals surface area (Å²) in [5, 5.41) is 0. The van der Waals surface area contributed by atoms with Gasteiger partial charge in [-0.25, -0.2) is 4.98 Å². The van der Waals surface area contributed by atoms with Gasteiger partial charge in [0.15, 0.2) is 11.5 Å². The van der Waals surface area contributed by atoms with Crippen LogP contribution in [0.4, 0.5) is 0 Å². The summed E-state index contributed by atoms with van der Waals surface area (Å²) in [5.41, 5.74) is 4.23. The molecule has 0 saturated heterocycles. The van der Waals surface area contributed by atoms with Gasteiger partial charge in [0.2, 0.25) is 5.75 Å². The van der Waals surface area contributed by atoms with Crippen LogP contribution in [-0.2, 0) is 13.0 Å². The Bertz CT molecular complexity index is 1190. The molecule has 0 aliphatic carbocycles. The van der Waals surface area contributed by atoms with Crippen molar-refractivity contribution >= 4 is 11.0 Å². The van der Waals surface area contributed by atoms with Crippen LogP contribution in [0.15, 0.2) is 60.7 Å². The van der Waals surface area contributed by atoms with Crippen LogP contribution in [0.2, 0.25) is 0 Å². The molecule has 0 radical (unpaired) electrons. The third-order valence-electron chi connectivity index (χ3n) is 5.70. The molecule has 0 N–H and O–H groups in total. The molecule has 6 heteroatoms. The molecule has 0 spiro atoms. The fourth-order valence-electron chi connectivity index (χ4n) is 3.97. The number of fused-ring (bicyclic) bond motifs is 1. The zero-order valence-electron chi connectivity index (χ0n) is 19.6. The number of aryl methyl sites for hydroxylation is 2. The van der Waals surface area contributed by atoms with Gasteiger partial charge in [-0.2, -0.15) is 0 Å². The van der Waals surface area contributed by atoms with E-state index in [-0.39, 0.29) is 0 Å². The van der Waals surface area contributed by atoms with E-state index in [0.29, 0.717) is 23.9 Å². The standard InChI is InChI=1S/C27H30N2O4/c1-5-19-11-13-21(14-12-19)33-16-8-15-29-23-10-7-6-9-22(23)28-27(29)20-17-24(30-2)26(32-4)25(18-20)31-3/h6-7,9-14,17-18H,5,8,15-16H2,1-4H3. The minimum absolute atomic E-state index is 0.564. The lowest BCUT2D eigenvalue weighted by Gasteiger charge is -2.15. The van der Waals surface area contributed by atoms with Crippen LogP contribution >= 0.6 is 0 Å². The van der Waals surface area contributed by atoms with Crippen LogP contribution in [-0.4, -0.2) is 37.5 Å². The first kappa shape index (κ1) is 22.5. The Morgan fingerprint density at radius 2 is 1.55 bits per heavy atom. The summed E-state index contributed by atoms with van der Waals surface area (Å²) in [6.07, 6.45) is 1.87. The van der Waals surface area contributed by atoms with Crippen LogP contribution in [0, 0.1) is 0 Å². The van der Waals surface area contributed by atoms with E-state index in [1.54, 1.807) is 21.3 Å². The molecule has 4 rings (SSSR count). The van der Waals surface area contributed by atoms with Gasteiger partial charge in [0.1, 0.15) is 11.6 Å². The van der Waals surface area contributed by atoms with Crippen molar-refractivity contribution in [1.82, 2.24) is 9.55 Å².